The third kappa shape index (κ3) is 2.13. The van der Waals surface area contributed by atoms with E-state index in [-0.39, 0.29) is 34.7 Å². The molecule has 0 spiro atoms. The Kier molecular flexibility index (Phi) is 3.95. The standard InChI is InChI=1S/C4H5N3O2S.Na/c1-7-3(9)2(8)5-6-4(7)10;/h1H3,(H,5,8)(H,6,10);/q;+1/p-1. The molecule has 0 saturated heterocycles. The molecular formula is C4H4N3NaO2S. The Morgan fingerprint density at radius 2 is 2.09 bits per heavy atom. The van der Waals surface area contributed by atoms with Crippen LogP contribution in [0.25, 0.3) is 0 Å². The molecule has 11 heavy (non-hydrogen) atoms. The second-order valence-electron chi connectivity index (χ2n) is 1.67. The maximum absolute atomic E-state index is 10.7. The molecule has 0 aliphatic heterocycles. The molecule has 1 aromatic heterocycles. The Morgan fingerprint density at radius 1 is 1.55 bits per heavy atom. The van der Waals surface area contributed by atoms with Crippen LogP contribution in [0.1, 0.15) is 0 Å². The minimum absolute atomic E-state index is 0. The molecule has 0 aromatic carbocycles. The molecule has 0 aliphatic rings. The van der Waals surface area contributed by atoms with Crippen LogP contribution in [0.3, 0.4) is 0 Å². The average Bonchev–Trinajstić information content (AvgIpc) is 1.93. The van der Waals surface area contributed by atoms with Crippen molar-refractivity contribution in [1.82, 2.24) is 14.8 Å². The van der Waals surface area contributed by atoms with Crippen LogP contribution >= 0.6 is 0 Å². The monoisotopic (exact) mass is 181 g/mol. The molecule has 0 unspecified atom stereocenters. The van der Waals surface area contributed by atoms with Crippen LogP contribution in [-0.2, 0) is 19.7 Å². The number of hydrogen-bond donors (Lipinski definition) is 1. The van der Waals surface area contributed by atoms with Crippen LogP contribution < -0.4 is 35.1 Å². The van der Waals surface area contributed by atoms with Gasteiger partial charge in [0.2, 0.25) is 0 Å². The van der Waals surface area contributed by atoms with Crippen LogP contribution in [0.2, 0.25) is 0 Å². The first kappa shape index (κ1) is 10.8. The quantitative estimate of drug-likeness (QED) is 0.324. The van der Waals surface area contributed by atoms with Crippen molar-refractivity contribution in [2.24, 2.45) is 7.05 Å². The number of aromatic hydroxyl groups is 1. The minimum Gasteiger partial charge on any atom is -0.740 e. The molecule has 54 valence electrons. The molecule has 1 heterocycles. The molecule has 0 bridgehead atoms. The van der Waals surface area contributed by atoms with Gasteiger partial charge in [-0.15, -0.1) is 5.10 Å². The molecule has 0 atom stereocenters. The van der Waals surface area contributed by atoms with Gasteiger partial charge in [-0.1, -0.05) is 0 Å². The fourth-order valence-corrected chi connectivity index (χ4v) is 0.561. The Balaban J connectivity index is 0.000001000. The first-order chi connectivity index (χ1) is 4.63. The summed E-state index contributed by atoms with van der Waals surface area (Å²) in [5.41, 5.74) is -0.625. The molecule has 1 rings (SSSR count). The Hall–Kier alpha value is -0.170. The summed E-state index contributed by atoms with van der Waals surface area (Å²) in [6, 6.07) is 0. The topological polar surface area (TPSA) is 68.0 Å². The smallest absolute Gasteiger partial charge is 0.740 e. The van der Waals surface area contributed by atoms with Gasteiger partial charge in [0.1, 0.15) is 0 Å². The summed E-state index contributed by atoms with van der Waals surface area (Å²) in [5, 5.41) is 15.2. The summed E-state index contributed by atoms with van der Waals surface area (Å²) >= 11 is 4.58. The molecule has 5 nitrogen and oxygen atoms in total. The van der Waals surface area contributed by atoms with Gasteiger partial charge in [0.25, 0.3) is 5.88 Å². The zero-order valence-electron chi connectivity index (χ0n) is 6.11. The largest absolute Gasteiger partial charge is 1.00 e. The van der Waals surface area contributed by atoms with E-state index in [1.165, 1.54) is 7.05 Å². The first-order valence-electron chi connectivity index (χ1n) is 2.42. The summed E-state index contributed by atoms with van der Waals surface area (Å²) in [7, 11) is 1.42. The van der Waals surface area contributed by atoms with E-state index in [1.807, 2.05) is 0 Å². The van der Waals surface area contributed by atoms with Crippen LogP contribution in [0.5, 0.6) is 5.88 Å². The number of rotatable bonds is 0. The predicted molar refractivity (Wildman–Crippen MR) is 34.6 cm³/mol. The third-order valence-electron chi connectivity index (χ3n) is 1.01. The molecular weight excluding hydrogens is 177 g/mol. The van der Waals surface area contributed by atoms with Crippen molar-refractivity contribution in [3.05, 3.63) is 10.4 Å². The van der Waals surface area contributed by atoms with Crippen LogP contribution in [-0.4, -0.2) is 19.9 Å². The second-order valence-corrected chi connectivity index (χ2v) is 2.04. The Labute approximate surface area is 90.2 Å². The number of nitrogens with zero attached hydrogens (tertiary/aromatic N) is 3. The van der Waals surface area contributed by atoms with Crippen LogP contribution in [0, 0.1) is 0 Å². The maximum Gasteiger partial charge on any atom is 1.00 e. The van der Waals surface area contributed by atoms with Crippen molar-refractivity contribution in [3.8, 4) is 5.88 Å². The zero-order chi connectivity index (χ0) is 7.72. The molecule has 1 N–H and O–H groups in total. The molecule has 1 aromatic rings. The molecule has 7 heteroatoms. The van der Waals surface area contributed by atoms with Gasteiger partial charge in [0, 0.05) is 12.2 Å². The van der Waals surface area contributed by atoms with E-state index in [4.69, 9.17) is 5.11 Å². The van der Waals surface area contributed by atoms with Crippen molar-refractivity contribution in [3.63, 3.8) is 0 Å². The third-order valence-corrected chi connectivity index (χ3v) is 1.37. The van der Waals surface area contributed by atoms with E-state index in [2.05, 4.69) is 22.8 Å². The fourth-order valence-electron chi connectivity index (χ4n) is 0.437. The summed E-state index contributed by atoms with van der Waals surface area (Å²) < 4.78 is 1.04. The van der Waals surface area contributed by atoms with Crippen LogP contribution in [0.4, 0.5) is 0 Å². The molecule has 0 fully saturated rings. The molecule has 0 saturated carbocycles. The first-order valence-corrected chi connectivity index (χ1v) is 2.83. The number of aromatic nitrogens is 3. The predicted octanol–water partition coefficient (Wildman–Crippen LogP) is -4.21. The SMILES string of the molecule is Cn1c([S-])nnc(O)c1=O.[Na+]. The van der Waals surface area contributed by atoms with E-state index in [9.17, 15) is 4.79 Å². The molecule has 0 amide bonds. The van der Waals surface area contributed by atoms with Crippen molar-refractivity contribution in [2.75, 3.05) is 0 Å². The van der Waals surface area contributed by atoms with Gasteiger partial charge in [-0.25, -0.2) is 0 Å². The van der Waals surface area contributed by atoms with Crippen molar-refractivity contribution in [2.45, 2.75) is 5.16 Å². The van der Waals surface area contributed by atoms with Crippen molar-refractivity contribution < 1.29 is 34.7 Å². The van der Waals surface area contributed by atoms with Gasteiger partial charge in [-0.05, 0) is 0 Å². The molecule has 0 radical (unpaired) electrons. The summed E-state index contributed by atoms with van der Waals surface area (Å²) in [5.74, 6) is -0.629. The van der Waals surface area contributed by atoms with Gasteiger partial charge in [-0.3, -0.25) is 4.79 Å². The number of hydrogen-bond acceptors (Lipinski definition) is 5. The summed E-state index contributed by atoms with van der Waals surface area (Å²) in [6.45, 7) is 0. The van der Waals surface area contributed by atoms with Gasteiger partial charge >= 0.3 is 35.1 Å². The van der Waals surface area contributed by atoms with E-state index in [1.54, 1.807) is 0 Å². The average molecular weight is 181 g/mol. The Bertz CT molecular complexity index is 313. The molecule has 0 aliphatic carbocycles. The van der Waals surface area contributed by atoms with Gasteiger partial charge in [-0.2, -0.15) is 5.10 Å². The maximum atomic E-state index is 10.7. The van der Waals surface area contributed by atoms with E-state index >= 15 is 0 Å². The van der Waals surface area contributed by atoms with Crippen LogP contribution in [0.15, 0.2) is 9.95 Å². The minimum atomic E-state index is -0.629. The van der Waals surface area contributed by atoms with Gasteiger partial charge in [0.15, 0.2) is 0 Å². The summed E-state index contributed by atoms with van der Waals surface area (Å²) in [6.07, 6.45) is 0. The summed E-state index contributed by atoms with van der Waals surface area (Å²) in [4.78, 5) is 10.7. The Morgan fingerprint density at radius 3 is 2.55 bits per heavy atom. The van der Waals surface area contributed by atoms with E-state index in [0.29, 0.717) is 0 Å². The second kappa shape index (κ2) is 4.01. The normalized spacial score (nSPS) is 8.82. The van der Waals surface area contributed by atoms with E-state index in [0.717, 1.165) is 4.57 Å². The van der Waals surface area contributed by atoms with Gasteiger partial charge in [0.05, 0.1) is 0 Å². The van der Waals surface area contributed by atoms with E-state index < -0.39 is 11.4 Å². The van der Waals surface area contributed by atoms with Gasteiger partial charge < -0.3 is 22.3 Å². The zero-order valence-corrected chi connectivity index (χ0v) is 8.92. The van der Waals surface area contributed by atoms with Crippen molar-refractivity contribution in [1.29, 1.82) is 0 Å². The fraction of sp³-hybridized carbons (Fsp3) is 0.250. The van der Waals surface area contributed by atoms with Crippen molar-refractivity contribution >= 4 is 12.6 Å².